The van der Waals surface area contributed by atoms with E-state index in [1.807, 2.05) is 19.1 Å². The first kappa shape index (κ1) is 14.2. The van der Waals surface area contributed by atoms with Crippen LogP contribution in [0.2, 0.25) is 10.0 Å². The fourth-order valence-electron chi connectivity index (χ4n) is 1.87. The molecule has 0 amide bonds. The molecule has 0 saturated heterocycles. The number of hydrogen-bond acceptors (Lipinski definition) is 1. The third-order valence-corrected chi connectivity index (χ3v) is 3.88. The lowest BCUT2D eigenvalue weighted by Crippen LogP contribution is -2.00. The van der Waals surface area contributed by atoms with E-state index in [9.17, 15) is 0 Å². The van der Waals surface area contributed by atoms with Crippen LogP contribution in [0.1, 0.15) is 23.6 Å². The van der Waals surface area contributed by atoms with Crippen LogP contribution in [0.5, 0.6) is 0 Å². The summed E-state index contributed by atoms with van der Waals surface area (Å²) in [6.07, 6.45) is 1.06. The Morgan fingerprint density at radius 1 is 0.947 bits per heavy atom. The maximum absolute atomic E-state index is 6.19. The monoisotopic (exact) mass is 293 g/mol. The van der Waals surface area contributed by atoms with Gasteiger partial charge >= 0.3 is 0 Å². The standard InChI is InChI=1S/C16H17Cl2N/c1-3-12-4-6-13(7-5-12)10-19-16-9-14(17)11(2)8-15(16)18/h4-9,19H,3,10H2,1-2H3. The van der Waals surface area contributed by atoms with Gasteiger partial charge in [-0.2, -0.15) is 0 Å². The van der Waals surface area contributed by atoms with E-state index in [4.69, 9.17) is 23.2 Å². The van der Waals surface area contributed by atoms with Crippen LogP contribution in [0.15, 0.2) is 36.4 Å². The van der Waals surface area contributed by atoms with E-state index in [0.29, 0.717) is 5.02 Å². The van der Waals surface area contributed by atoms with Gasteiger partial charge in [0.2, 0.25) is 0 Å². The van der Waals surface area contributed by atoms with Gasteiger partial charge in [0.25, 0.3) is 0 Å². The number of halogens is 2. The Labute approximate surface area is 124 Å². The Balaban J connectivity index is 2.07. The molecule has 0 atom stereocenters. The third kappa shape index (κ3) is 3.65. The highest BCUT2D eigenvalue weighted by molar-refractivity contribution is 6.35. The quantitative estimate of drug-likeness (QED) is 0.787. The van der Waals surface area contributed by atoms with E-state index in [0.717, 1.165) is 29.2 Å². The second kappa shape index (κ2) is 6.31. The normalized spacial score (nSPS) is 10.5. The molecule has 2 rings (SSSR count). The molecule has 0 aliphatic rings. The minimum atomic E-state index is 0.701. The van der Waals surface area contributed by atoms with Gasteiger partial charge in [-0.1, -0.05) is 54.4 Å². The van der Waals surface area contributed by atoms with Crippen molar-refractivity contribution in [3.8, 4) is 0 Å². The summed E-state index contributed by atoms with van der Waals surface area (Å²) in [6.45, 7) is 4.84. The average molecular weight is 294 g/mol. The molecule has 0 fully saturated rings. The average Bonchev–Trinajstić information content (AvgIpc) is 2.42. The molecule has 0 radical (unpaired) electrons. The predicted octanol–water partition coefficient (Wildman–Crippen LogP) is 5.48. The topological polar surface area (TPSA) is 12.0 Å². The number of nitrogens with one attached hydrogen (secondary N) is 1. The molecule has 0 unspecified atom stereocenters. The van der Waals surface area contributed by atoms with Crippen molar-refractivity contribution >= 4 is 28.9 Å². The van der Waals surface area contributed by atoms with Crippen LogP contribution in [0.25, 0.3) is 0 Å². The van der Waals surface area contributed by atoms with Crippen molar-refractivity contribution in [2.75, 3.05) is 5.32 Å². The van der Waals surface area contributed by atoms with Crippen LogP contribution >= 0.6 is 23.2 Å². The molecule has 0 heterocycles. The van der Waals surface area contributed by atoms with E-state index in [1.54, 1.807) is 0 Å². The van der Waals surface area contributed by atoms with Crippen LogP contribution in [0.4, 0.5) is 5.69 Å². The number of anilines is 1. The first-order chi connectivity index (χ1) is 9.10. The van der Waals surface area contributed by atoms with Crippen LogP contribution < -0.4 is 5.32 Å². The fraction of sp³-hybridized carbons (Fsp3) is 0.250. The maximum Gasteiger partial charge on any atom is 0.0641 e. The van der Waals surface area contributed by atoms with Gasteiger partial charge < -0.3 is 5.32 Å². The molecule has 0 aliphatic heterocycles. The fourth-order valence-corrected chi connectivity index (χ4v) is 2.32. The Hall–Kier alpha value is -1.18. The van der Waals surface area contributed by atoms with Gasteiger partial charge in [-0.3, -0.25) is 0 Å². The van der Waals surface area contributed by atoms with Crippen molar-refractivity contribution in [2.24, 2.45) is 0 Å². The summed E-state index contributed by atoms with van der Waals surface area (Å²) in [5, 5.41) is 4.75. The molecule has 19 heavy (non-hydrogen) atoms. The maximum atomic E-state index is 6.19. The highest BCUT2D eigenvalue weighted by atomic mass is 35.5. The molecule has 100 valence electrons. The molecular weight excluding hydrogens is 277 g/mol. The smallest absolute Gasteiger partial charge is 0.0641 e. The summed E-state index contributed by atoms with van der Waals surface area (Å²) < 4.78 is 0. The van der Waals surface area contributed by atoms with Crippen LogP contribution in [-0.4, -0.2) is 0 Å². The molecule has 2 aromatic rings. The first-order valence-electron chi connectivity index (χ1n) is 6.37. The number of benzene rings is 2. The summed E-state index contributed by atoms with van der Waals surface area (Å²) in [7, 11) is 0. The summed E-state index contributed by atoms with van der Waals surface area (Å²) in [5.41, 5.74) is 4.44. The second-order valence-electron chi connectivity index (χ2n) is 4.60. The van der Waals surface area contributed by atoms with E-state index >= 15 is 0 Å². The van der Waals surface area contributed by atoms with Crippen LogP contribution in [-0.2, 0) is 13.0 Å². The third-order valence-electron chi connectivity index (χ3n) is 3.16. The lowest BCUT2D eigenvalue weighted by molar-refractivity contribution is 1.11. The second-order valence-corrected chi connectivity index (χ2v) is 5.42. The van der Waals surface area contributed by atoms with Crippen LogP contribution in [0, 0.1) is 6.92 Å². The van der Waals surface area contributed by atoms with Gasteiger partial charge in [0, 0.05) is 11.6 Å². The van der Waals surface area contributed by atoms with E-state index in [2.05, 4.69) is 36.5 Å². The molecule has 3 heteroatoms. The van der Waals surface area contributed by atoms with Crippen molar-refractivity contribution < 1.29 is 0 Å². The predicted molar refractivity (Wildman–Crippen MR) is 84.3 cm³/mol. The molecular formula is C16H17Cl2N. The van der Waals surface area contributed by atoms with E-state index < -0.39 is 0 Å². The van der Waals surface area contributed by atoms with Gasteiger partial charge in [-0.05, 0) is 42.2 Å². The zero-order valence-electron chi connectivity index (χ0n) is 11.1. The van der Waals surface area contributed by atoms with Crippen LogP contribution in [0.3, 0.4) is 0 Å². The number of hydrogen-bond donors (Lipinski definition) is 1. The van der Waals surface area contributed by atoms with Crippen molar-refractivity contribution in [2.45, 2.75) is 26.8 Å². The van der Waals surface area contributed by atoms with E-state index in [-0.39, 0.29) is 0 Å². The molecule has 0 aliphatic carbocycles. The number of aryl methyl sites for hydroxylation is 2. The highest BCUT2D eigenvalue weighted by Gasteiger charge is 2.04. The molecule has 0 saturated carbocycles. The van der Waals surface area contributed by atoms with Gasteiger partial charge in [0.15, 0.2) is 0 Å². The Kier molecular flexibility index (Phi) is 4.73. The zero-order chi connectivity index (χ0) is 13.8. The molecule has 0 spiro atoms. The summed E-state index contributed by atoms with van der Waals surface area (Å²) in [6, 6.07) is 12.3. The highest BCUT2D eigenvalue weighted by Crippen LogP contribution is 2.29. The lowest BCUT2D eigenvalue weighted by atomic mass is 10.1. The molecule has 1 N–H and O–H groups in total. The summed E-state index contributed by atoms with van der Waals surface area (Å²) >= 11 is 12.3. The lowest BCUT2D eigenvalue weighted by Gasteiger charge is -2.11. The molecule has 0 bridgehead atoms. The molecule has 1 nitrogen and oxygen atoms in total. The minimum absolute atomic E-state index is 0.701. The summed E-state index contributed by atoms with van der Waals surface area (Å²) in [4.78, 5) is 0. The molecule has 2 aromatic carbocycles. The Morgan fingerprint density at radius 2 is 1.58 bits per heavy atom. The number of rotatable bonds is 4. The van der Waals surface area contributed by atoms with Gasteiger partial charge in [-0.25, -0.2) is 0 Å². The zero-order valence-corrected chi connectivity index (χ0v) is 12.6. The Morgan fingerprint density at radius 3 is 2.21 bits per heavy atom. The first-order valence-corrected chi connectivity index (χ1v) is 7.13. The van der Waals surface area contributed by atoms with Gasteiger partial charge in [0.1, 0.15) is 0 Å². The Bertz CT molecular complexity index is 562. The van der Waals surface area contributed by atoms with Gasteiger partial charge in [-0.15, -0.1) is 0 Å². The van der Waals surface area contributed by atoms with Crippen molar-refractivity contribution in [3.05, 3.63) is 63.1 Å². The van der Waals surface area contributed by atoms with Crippen molar-refractivity contribution in [1.29, 1.82) is 0 Å². The van der Waals surface area contributed by atoms with Gasteiger partial charge in [0.05, 0.1) is 10.7 Å². The summed E-state index contributed by atoms with van der Waals surface area (Å²) in [5.74, 6) is 0. The molecule has 0 aromatic heterocycles. The van der Waals surface area contributed by atoms with E-state index in [1.165, 1.54) is 11.1 Å². The van der Waals surface area contributed by atoms with Crippen molar-refractivity contribution in [1.82, 2.24) is 0 Å². The van der Waals surface area contributed by atoms with Crippen molar-refractivity contribution in [3.63, 3.8) is 0 Å². The minimum Gasteiger partial charge on any atom is -0.380 e. The SMILES string of the molecule is CCc1ccc(CNc2cc(Cl)c(C)cc2Cl)cc1. The largest absolute Gasteiger partial charge is 0.380 e.